The van der Waals surface area contributed by atoms with Gasteiger partial charge in [0, 0.05) is 18.3 Å². The zero-order chi connectivity index (χ0) is 22.5. The smallest absolute Gasteiger partial charge is 0.382 e. The van der Waals surface area contributed by atoms with E-state index in [-0.39, 0.29) is 29.8 Å². The van der Waals surface area contributed by atoms with Gasteiger partial charge in [0.1, 0.15) is 5.75 Å². The van der Waals surface area contributed by atoms with Gasteiger partial charge in [-0.1, -0.05) is 18.2 Å². The van der Waals surface area contributed by atoms with Crippen LogP contribution in [0.25, 0.3) is 0 Å². The highest BCUT2D eigenvalue weighted by Crippen LogP contribution is 2.30. The Bertz CT molecular complexity index is 974. The van der Waals surface area contributed by atoms with E-state index >= 15 is 0 Å². The summed E-state index contributed by atoms with van der Waals surface area (Å²) in [4.78, 5) is 14.1. The van der Waals surface area contributed by atoms with Crippen molar-refractivity contribution in [3.05, 3.63) is 59.7 Å². The number of benzene rings is 2. The van der Waals surface area contributed by atoms with Crippen LogP contribution in [0.2, 0.25) is 0 Å². The van der Waals surface area contributed by atoms with Gasteiger partial charge in [-0.3, -0.25) is 0 Å². The summed E-state index contributed by atoms with van der Waals surface area (Å²) in [5, 5.41) is 2.49. The van der Waals surface area contributed by atoms with Crippen LogP contribution in [0.5, 0.6) is 5.75 Å². The molecule has 6 nitrogen and oxygen atoms in total. The van der Waals surface area contributed by atoms with Crippen molar-refractivity contribution < 1.29 is 30.6 Å². The van der Waals surface area contributed by atoms with E-state index in [9.17, 15) is 26.4 Å². The molecule has 2 amide bonds. The van der Waals surface area contributed by atoms with E-state index in [2.05, 4.69) is 5.32 Å². The van der Waals surface area contributed by atoms with Crippen LogP contribution >= 0.6 is 0 Å². The quantitative estimate of drug-likeness (QED) is 0.618. The molecule has 0 atom stereocenters. The third-order valence-electron chi connectivity index (χ3n) is 4.18. The Morgan fingerprint density at radius 1 is 1.13 bits per heavy atom. The molecule has 30 heavy (non-hydrogen) atoms. The van der Waals surface area contributed by atoms with Gasteiger partial charge in [0.2, 0.25) is 0 Å². The number of hydrogen-bond acceptors (Lipinski definition) is 4. The van der Waals surface area contributed by atoms with Crippen molar-refractivity contribution in [3.8, 4) is 5.75 Å². The number of carbonyl (C=O) groups is 1. The first kappa shape index (κ1) is 23.5. The lowest BCUT2D eigenvalue weighted by Crippen LogP contribution is -2.39. The highest BCUT2D eigenvalue weighted by atomic mass is 32.2. The van der Waals surface area contributed by atoms with Crippen molar-refractivity contribution in [2.75, 3.05) is 11.1 Å². The molecular weight excluding hydrogens is 421 g/mol. The number of nitrogens with one attached hydrogen (secondary N) is 1. The fraction of sp³-hybridized carbons (Fsp3) is 0.350. The van der Waals surface area contributed by atoms with Crippen LogP contribution in [-0.2, 0) is 22.8 Å². The summed E-state index contributed by atoms with van der Waals surface area (Å²) in [5.74, 6) is -0.00361. The number of alkyl halides is 3. The van der Waals surface area contributed by atoms with Crippen LogP contribution in [0, 0.1) is 0 Å². The van der Waals surface area contributed by atoms with Crippen LogP contribution < -0.4 is 9.50 Å². The van der Waals surface area contributed by atoms with Crippen LogP contribution in [-0.4, -0.2) is 31.1 Å². The molecule has 0 bridgehead atoms. The van der Waals surface area contributed by atoms with Gasteiger partial charge in [-0.15, -0.1) is 0 Å². The van der Waals surface area contributed by atoms with Gasteiger partial charge in [-0.05, 0) is 56.7 Å². The molecule has 0 aromatic heterocycles. The van der Waals surface area contributed by atoms with E-state index < -0.39 is 27.9 Å². The fourth-order valence-corrected chi connectivity index (χ4v) is 3.03. The Labute approximate surface area is 173 Å². The van der Waals surface area contributed by atoms with Gasteiger partial charge in [0.25, 0.3) is 0 Å². The zero-order valence-corrected chi connectivity index (χ0v) is 17.5. The number of amides is 2. The van der Waals surface area contributed by atoms with E-state index in [1.807, 2.05) is 0 Å². The molecule has 0 aliphatic carbocycles. The lowest BCUT2D eigenvalue weighted by Gasteiger charge is -2.27. The van der Waals surface area contributed by atoms with Crippen molar-refractivity contribution in [3.63, 3.8) is 0 Å². The van der Waals surface area contributed by atoms with Gasteiger partial charge in [0.15, 0.2) is 0 Å². The molecule has 1 N–H and O–H groups in total. The van der Waals surface area contributed by atoms with Crippen molar-refractivity contribution in [1.29, 1.82) is 0 Å². The van der Waals surface area contributed by atoms with E-state index in [1.165, 1.54) is 36.1 Å². The third-order valence-corrected chi connectivity index (χ3v) is 5.33. The molecule has 164 valence electrons. The second-order valence-electron chi connectivity index (χ2n) is 6.80. The highest BCUT2D eigenvalue weighted by molar-refractivity contribution is 7.87. The van der Waals surface area contributed by atoms with E-state index in [0.29, 0.717) is 5.56 Å². The maximum atomic E-state index is 12.9. The number of rotatable bonds is 7. The van der Waals surface area contributed by atoms with E-state index in [1.54, 1.807) is 26.0 Å². The Balaban J connectivity index is 2.11. The summed E-state index contributed by atoms with van der Waals surface area (Å²) < 4.78 is 66.5. The predicted molar refractivity (Wildman–Crippen MR) is 108 cm³/mol. The lowest BCUT2D eigenvalue weighted by atomic mass is 10.2. The Morgan fingerprint density at radius 3 is 2.30 bits per heavy atom. The number of carbonyl (C=O) groups excluding carboxylic acids is 1. The first-order valence-electron chi connectivity index (χ1n) is 9.17. The Hall–Kier alpha value is -2.75. The van der Waals surface area contributed by atoms with Crippen molar-refractivity contribution in [2.24, 2.45) is 0 Å². The molecule has 0 heterocycles. The van der Waals surface area contributed by atoms with Gasteiger partial charge in [0.05, 0.1) is 11.3 Å². The average molecular weight is 444 g/mol. The second kappa shape index (κ2) is 9.38. The molecule has 0 spiro atoms. The van der Waals surface area contributed by atoms with Gasteiger partial charge in [-0.2, -0.15) is 21.6 Å². The van der Waals surface area contributed by atoms with Crippen LogP contribution in [0.4, 0.5) is 23.7 Å². The number of anilines is 1. The summed E-state index contributed by atoms with van der Waals surface area (Å²) in [5.41, 5.74) is -0.118. The monoisotopic (exact) mass is 444 g/mol. The number of hydrogen-bond donors (Lipinski definition) is 1. The van der Waals surface area contributed by atoms with Crippen molar-refractivity contribution in [1.82, 2.24) is 4.90 Å². The molecule has 0 saturated heterocycles. The normalized spacial score (nSPS) is 12.0. The molecule has 0 unspecified atom stereocenters. The fourth-order valence-electron chi connectivity index (χ4n) is 2.51. The molecule has 0 aliphatic rings. The Morgan fingerprint density at radius 2 is 1.77 bits per heavy atom. The molecule has 2 aromatic rings. The molecule has 2 rings (SSSR count). The molecular formula is C20H23F3N2O4S. The summed E-state index contributed by atoms with van der Waals surface area (Å²) in [6.45, 7) is 5.19. The molecule has 0 fully saturated rings. The second-order valence-corrected chi connectivity index (χ2v) is 8.66. The standard InChI is InChI=1S/C20H23F3N2O4S/c1-4-30(27,28)29-18-10-8-15(9-11-18)13-25(14(2)3)19(26)24-17-7-5-6-16(12-17)20(21,22)23/h5-12,14H,4,13H2,1-3H3,(H,24,26). The largest absolute Gasteiger partial charge is 0.416 e. The minimum Gasteiger partial charge on any atom is -0.382 e. The Kier molecular flexibility index (Phi) is 7.35. The maximum Gasteiger partial charge on any atom is 0.416 e. The predicted octanol–water partition coefficient (Wildman–Crippen LogP) is 4.88. The molecule has 0 radical (unpaired) electrons. The van der Waals surface area contributed by atoms with Gasteiger partial charge in [-0.25, -0.2) is 4.79 Å². The summed E-state index contributed by atoms with van der Waals surface area (Å²) >= 11 is 0. The highest BCUT2D eigenvalue weighted by Gasteiger charge is 2.30. The first-order chi connectivity index (χ1) is 13.9. The van der Waals surface area contributed by atoms with Gasteiger partial charge >= 0.3 is 22.3 Å². The van der Waals surface area contributed by atoms with Crippen molar-refractivity contribution in [2.45, 2.75) is 39.5 Å². The van der Waals surface area contributed by atoms with Crippen LogP contribution in [0.15, 0.2) is 48.5 Å². The first-order valence-corrected chi connectivity index (χ1v) is 10.7. The lowest BCUT2D eigenvalue weighted by molar-refractivity contribution is -0.137. The zero-order valence-electron chi connectivity index (χ0n) is 16.7. The SMILES string of the molecule is CCS(=O)(=O)Oc1ccc(CN(C(=O)Nc2cccc(C(F)(F)F)c2)C(C)C)cc1. The minimum absolute atomic E-state index is 0.0361. The topological polar surface area (TPSA) is 75.7 Å². The number of halogens is 3. The van der Waals surface area contributed by atoms with Crippen molar-refractivity contribution >= 4 is 21.8 Å². The molecule has 0 aliphatic heterocycles. The van der Waals surface area contributed by atoms with E-state index in [4.69, 9.17) is 4.18 Å². The molecule has 10 heteroatoms. The number of nitrogens with zero attached hydrogens (tertiary/aromatic N) is 1. The number of urea groups is 1. The van der Waals surface area contributed by atoms with Gasteiger partial charge < -0.3 is 14.4 Å². The average Bonchev–Trinajstić information content (AvgIpc) is 2.66. The maximum absolute atomic E-state index is 12.9. The third kappa shape index (κ3) is 6.65. The molecule has 0 saturated carbocycles. The summed E-state index contributed by atoms with van der Waals surface area (Å²) in [7, 11) is -3.64. The van der Waals surface area contributed by atoms with Crippen LogP contribution in [0.3, 0.4) is 0 Å². The summed E-state index contributed by atoms with van der Waals surface area (Å²) in [6, 6.07) is 9.80. The summed E-state index contributed by atoms with van der Waals surface area (Å²) in [6.07, 6.45) is -4.51. The van der Waals surface area contributed by atoms with E-state index in [0.717, 1.165) is 12.1 Å². The van der Waals surface area contributed by atoms with Crippen LogP contribution in [0.1, 0.15) is 31.9 Å². The molecule has 2 aromatic carbocycles. The minimum atomic E-state index is -4.51.